The summed E-state index contributed by atoms with van der Waals surface area (Å²) in [5.74, 6) is 0. The fraction of sp³-hybridized carbons (Fsp3) is 0.750. The van der Waals surface area contributed by atoms with Crippen LogP contribution in [0.3, 0.4) is 0 Å². The smallest absolute Gasteiger partial charge is 0.0297 e. The van der Waals surface area contributed by atoms with Gasteiger partial charge in [0.2, 0.25) is 0 Å². The van der Waals surface area contributed by atoms with Crippen molar-refractivity contribution < 1.29 is 0 Å². The van der Waals surface area contributed by atoms with Gasteiger partial charge in [-0.05, 0) is 38.0 Å². The van der Waals surface area contributed by atoms with Gasteiger partial charge in [-0.1, -0.05) is 115 Å². The van der Waals surface area contributed by atoms with E-state index < -0.39 is 0 Å². The predicted molar refractivity (Wildman–Crippen MR) is 112 cm³/mol. The minimum atomic E-state index is 0.706. The molecule has 0 amide bonds. The van der Waals surface area contributed by atoms with Crippen LogP contribution in [0.4, 0.5) is 0 Å². The summed E-state index contributed by atoms with van der Waals surface area (Å²) in [4.78, 5) is 0. The van der Waals surface area contributed by atoms with Gasteiger partial charge in [-0.2, -0.15) is 0 Å². The van der Waals surface area contributed by atoms with Crippen molar-refractivity contribution in [2.45, 2.75) is 112 Å². The summed E-state index contributed by atoms with van der Waals surface area (Å²) in [6.45, 7) is 11.4. The van der Waals surface area contributed by atoms with Crippen LogP contribution < -0.4 is 0 Å². The van der Waals surface area contributed by atoms with Gasteiger partial charge in [0.25, 0.3) is 0 Å². The minimum Gasteiger partial charge on any atom is -0.0654 e. The normalized spacial score (nSPS) is 11.0. The third-order valence-corrected chi connectivity index (χ3v) is 5.18. The SMILES string of the molecule is CCCCC(CCCC)(CCCC)CCCC.Cc1ccccc1. The van der Waals surface area contributed by atoms with Gasteiger partial charge in [0.15, 0.2) is 0 Å². The number of hydrogen-bond acceptors (Lipinski definition) is 0. The summed E-state index contributed by atoms with van der Waals surface area (Å²) in [6, 6.07) is 10.3. The Hall–Kier alpha value is -0.780. The van der Waals surface area contributed by atoms with Crippen LogP contribution in [-0.2, 0) is 0 Å². The Morgan fingerprint density at radius 3 is 1.12 bits per heavy atom. The average molecular weight is 333 g/mol. The molecule has 24 heavy (non-hydrogen) atoms. The zero-order valence-electron chi connectivity index (χ0n) is 17.4. The molecule has 0 unspecified atom stereocenters. The minimum absolute atomic E-state index is 0.706. The summed E-state index contributed by atoms with van der Waals surface area (Å²) in [5, 5.41) is 0. The molecule has 0 aliphatic heterocycles. The third kappa shape index (κ3) is 11.7. The van der Waals surface area contributed by atoms with Crippen LogP contribution in [0.5, 0.6) is 0 Å². The van der Waals surface area contributed by atoms with E-state index in [1.165, 1.54) is 82.6 Å². The summed E-state index contributed by atoms with van der Waals surface area (Å²) >= 11 is 0. The van der Waals surface area contributed by atoms with Crippen molar-refractivity contribution in [3.05, 3.63) is 35.9 Å². The molecule has 0 spiro atoms. The Labute approximate surface area is 153 Å². The molecule has 0 bridgehead atoms. The first-order chi connectivity index (χ1) is 11.6. The van der Waals surface area contributed by atoms with E-state index in [0.717, 1.165) is 0 Å². The molecule has 0 aromatic heterocycles. The van der Waals surface area contributed by atoms with E-state index >= 15 is 0 Å². The molecule has 0 aliphatic rings. The van der Waals surface area contributed by atoms with Crippen LogP contribution in [0.25, 0.3) is 0 Å². The van der Waals surface area contributed by atoms with Crippen molar-refractivity contribution in [3.8, 4) is 0 Å². The van der Waals surface area contributed by atoms with Gasteiger partial charge in [0, 0.05) is 0 Å². The number of benzene rings is 1. The Morgan fingerprint density at radius 2 is 0.917 bits per heavy atom. The van der Waals surface area contributed by atoms with E-state index in [2.05, 4.69) is 46.8 Å². The second kappa shape index (κ2) is 15.7. The number of rotatable bonds is 12. The van der Waals surface area contributed by atoms with Crippen molar-refractivity contribution in [1.82, 2.24) is 0 Å². The molecule has 0 fully saturated rings. The summed E-state index contributed by atoms with van der Waals surface area (Å²) in [7, 11) is 0. The van der Waals surface area contributed by atoms with Crippen LogP contribution >= 0.6 is 0 Å². The molecular weight excluding hydrogens is 288 g/mol. The highest BCUT2D eigenvalue weighted by molar-refractivity contribution is 5.11. The molecular formula is C24H44. The Kier molecular flexibility index (Phi) is 15.2. The van der Waals surface area contributed by atoms with E-state index in [1.54, 1.807) is 0 Å². The van der Waals surface area contributed by atoms with E-state index in [0.29, 0.717) is 5.41 Å². The monoisotopic (exact) mass is 332 g/mol. The number of unbranched alkanes of at least 4 members (excludes halogenated alkanes) is 4. The Balaban J connectivity index is 0.000000620. The van der Waals surface area contributed by atoms with E-state index in [-0.39, 0.29) is 0 Å². The van der Waals surface area contributed by atoms with Gasteiger partial charge in [0.1, 0.15) is 0 Å². The zero-order chi connectivity index (χ0) is 18.1. The quantitative estimate of drug-likeness (QED) is 0.359. The van der Waals surface area contributed by atoms with Crippen molar-refractivity contribution in [3.63, 3.8) is 0 Å². The lowest BCUT2D eigenvalue weighted by Crippen LogP contribution is -2.21. The topological polar surface area (TPSA) is 0 Å². The van der Waals surface area contributed by atoms with Crippen LogP contribution in [-0.4, -0.2) is 0 Å². The lowest BCUT2D eigenvalue weighted by Gasteiger charge is -2.34. The molecule has 0 N–H and O–H groups in total. The maximum atomic E-state index is 2.34. The third-order valence-electron chi connectivity index (χ3n) is 5.18. The summed E-state index contributed by atoms with van der Waals surface area (Å²) in [6.07, 6.45) is 17.2. The van der Waals surface area contributed by atoms with Crippen molar-refractivity contribution in [2.75, 3.05) is 0 Å². The van der Waals surface area contributed by atoms with E-state index in [1.807, 2.05) is 18.2 Å². The van der Waals surface area contributed by atoms with Gasteiger partial charge < -0.3 is 0 Å². The molecule has 0 saturated heterocycles. The van der Waals surface area contributed by atoms with Crippen LogP contribution in [0, 0.1) is 12.3 Å². The average Bonchev–Trinajstić information content (AvgIpc) is 2.62. The van der Waals surface area contributed by atoms with Gasteiger partial charge >= 0.3 is 0 Å². The highest BCUT2D eigenvalue weighted by Crippen LogP contribution is 2.41. The molecule has 0 aliphatic carbocycles. The molecule has 1 aromatic rings. The molecule has 140 valence electrons. The van der Waals surface area contributed by atoms with Gasteiger partial charge in [-0.3, -0.25) is 0 Å². The van der Waals surface area contributed by atoms with Crippen molar-refractivity contribution >= 4 is 0 Å². The lowest BCUT2D eigenvalue weighted by molar-refractivity contribution is 0.177. The highest BCUT2D eigenvalue weighted by Gasteiger charge is 2.27. The maximum Gasteiger partial charge on any atom is -0.0297 e. The first-order valence-corrected chi connectivity index (χ1v) is 10.7. The second-order valence-electron chi connectivity index (χ2n) is 7.57. The standard InChI is InChI=1S/C17H36.C7H8/c1-5-9-13-17(14-10-6-2,15-11-7-3)16-12-8-4;1-7-5-3-2-4-6-7/h5-16H2,1-4H3;2-6H,1H3. The summed E-state index contributed by atoms with van der Waals surface area (Å²) in [5.41, 5.74) is 2.03. The van der Waals surface area contributed by atoms with Gasteiger partial charge in [-0.25, -0.2) is 0 Å². The van der Waals surface area contributed by atoms with Crippen LogP contribution in [0.1, 0.15) is 110 Å². The highest BCUT2D eigenvalue weighted by atomic mass is 14.3. The molecule has 0 radical (unpaired) electrons. The maximum absolute atomic E-state index is 2.34. The molecule has 0 atom stereocenters. The largest absolute Gasteiger partial charge is 0.0654 e. The summed E-state index contributed by atoms with van der Waals surface area (Å²) < 4.78 is 0. The molecule has 0 heteroatoms. The molecule has 0 nitrogen and oxygen atoms in total. The Morgan fingerprint density at radius 1 is 0.583 bits per heavy atom. The zero-order valence-corrected chi connectivity index (χ0v) is 17.4. The molecule has 1 aromatic carbocycles. The number of aryl methyl sites for hydroxylation is 1. The fourth-order valence-electron chi connectivity index (χ4n) is 3.49. The molecule has 0 saturated carbocycles. The van der Waals surface area contributed by atoms with Gasteiger partial charge in [-0.15, -0.1) is 0 Å². The Bertz CT molecular complexity index is 314. The fourth-order valence-corrected chi connectivity index (χ4v) is 3.49. The van der Waals surface area contributed by atoms with Gasteiger partial charge in [0.05, 0.1) is 0 Å². The van der Waals surface area contributed by atoms with E-state index in [4.69, 9.17) is 0 Å². The second-order valence-corrected chi connectivity index (χ2v) is 7.57. The van der Waals surface area contributed by atoms with Crippen molar-refractivity contribution in [2.24, 2.45) is 5.41 Å². The number of hydrogen-bond donors (Lipinski definition) is 0. The van der Waals surface area contributed by atoms with Crippen LogP contribution in [0.2, 0.25) is 0 Å². The molecule has 0 heterocycles. The first-order valence-electron chi connectivity index (χ1n) is 10.7. The van der Waals surface area contributed by atoms with E-state index in [9.17, 15) is 0 Å². The lowest BCUT2D eigenvalue weighted by atomic mass is 9.71. The van der Waals surface area contributed by atoms with Crippen LogP contribution in [0.15, 0.2) is 30.3 Å². The predicted octanol–water partition coefficient (Wildman–Crippen LogP) is 8.73. The first kappa shape index (κ1) is 23.2. The van der Waals surface area contributed by atoms with Crippen molar-refractivity contribution in [1.29, 1.82) is 0 Å². The molecule has 1 rings (SSSR count).